The average Bonchev–Trinajstić information content (AvgIpc) is 2.19. The third-order valence-corrected chi connectivity index (χ3v) is 3.89. The van der Waals surface area contributed by atoms with Gasteiger partial charge in [-0.05, 0) is 24.5 Å². The van der Waals surface area contributed by atoms with Crippen LogP contribution in [0, 0.1) is 0 Å². The van der Waals surface area contributed by atoms with E-state index in [-0.39, 0.29) is 0 Å². The van der Waals surface area contributed by atoms with E-state index >= 15 is 0 Å². The maximum Gasteiger partial charge on any atom is 0.0634 e. The molecule has 1 aliphatic rings. The summed E-state index contributed by atoms with van der Waals surface area (Å²) >= 11 is 9.65. The molecule has 0 radical (unpaired) electrons. The van der Waals surface area contributed by atoms with Crippen LogP contribution in [0.1, 0.15) is 24.8 Å². The number of aromatic nitrogens is 1. The molecule has 0 bridgehead atoms. The third kappa shape index (κ3) is 2.96. The van der Waals surface area contributed by atoms with E-state index in [0.29, 0.717) is 0 Å². The number of rotatable bonds is 5. The first-order valence-electron chi connectivity index (χ1n) is 5.69. The van der Waals surface area contributed by atoms with Crippen LogP contribution in [0.3, 0.4) is 0 Å². The molecule has 16 heavy (non-hydrogen) atoms. The lowest BCUT2D eigenvalue weighted by Gasteiger charge is -2.37. The van der Waals surface area contributed by atoms with Crippen molar-refractivity contribution in [3.8, 4) is 0 Å². The number of hydrogen-bond donors (Lipinski definition) is 0. The number of nitrogens with zero attached hydrogens (tertiary/aromatic N) is 2. The molecular formula is C12H16BrClN2. The molecule has 0 aliphatic heterocycles. The zero-order valence-corrected chi connectivity index (χ0v) is 11.5. The van der Waals surface area contributed by atoms with Gasteiger partial charge in [0.2, 0.25) is 0 Å². The predicted octanol–water partition coefficient (Wildman–Crippen LogP) is 3.48. The second kappa shape index (κ2) is 5.99. The van der Waals surface area contributed by atoms with Gasteiger partial charge in [-0.2, -0.15) is 0 Å². The second-order valence-electron chi connectivity index (χ2n) is 4.21. The summed E-state index contributed by atoms with van der Waals surface area (Å²) in [5.41, 5.74) is 1.18. The van der Waals surface area contributed by atoms with E-state index in [1.54, 1.807) is 6.20 Å². The molecule has 0 spiro atoms. The highest BCUT2D eigenvalue weighted by molar-refractivity contribution is 9.09. The van der Waals surface area contributed by atoms with Crippen LogP contribution in [0.15, 0.2) is 18.5 Å². The van der Waals surface area contributed by atoms with Gasteiger partial charge >= 0.3 is 0 Å². The minimum Gasteiger partial charge on any atom is -0.295 e. The summed E-state index contributed by atoms with van der Waals surface area (Å²) in [6.07, 6.45) is 7.57. The predicted molar refractivity (Wildman–Crippen MR) is 71.1 cm³/mol. The molecule has 88 valence electrons. The Kier molecular flexibility index (Phi) is 4.62. The maximum absolute atomic E-state index is 6.13. The first-order valence-corrected chi connectivity index (χ1v) is 7.19. The molecule has 0 saturated heterocycles. The fourth-order valence-electron chi connectivity index (χ4n) is 2.00. The quantitative estimate of drug-likeness (QED) is 0.774. The summed E-state index contributed by atoms with van der Waals surface area (Å²) in [5.74, 6) is 0. The normalized spacial score (nSPS) is 16.4. The van der Waals surface area contributed by atoms with Gasteiger partial charge in [-0.25, -0.2) is 0 Å². The highest BCUT2D eigenvalue weighted by atomic mass is 79.9. The summed E-state index contributed by atoms with van der Waals surface area (Å²) in [6, 6.07) is 2.77. The van der Waals surface area contributed by atoms with E-state index in [2.05, 4.69) is 25.8 Å². The molecule has 0 aromatic carbocycles. The van der Waals surface area contributed by atoms with Crippen LogP contribution in [-0.2, 0) is 6.54 Å². The summed E-state index contributed by atoms with van der Waals surface area (Å²) in [6.45, 7) is 2.03. The van der Waals surface area contributed by atoms with Crippen LogP contribution in [-0.4, -0.2) is 27.8 Å². The molecule has 4 heteroatoms. The third-order valence-electron chi connectivity index (χ3n) is 3.19. The summed E-state index contributed by atoms with van der Waals surface area (Å²) in [7, 11) is 0. The van der Waals surface area contributed by atoms with E-state index in [9.17, 15) is 0 Å². The molecule has 1 aliphatic carbocycles. The lowest BCUT2D eigenvalue weighted by molar-refractivity contribution is 0.128. The minimum atomic E-state index is 0.752. The number of alkyl halides is 1. The standard InChI is InChI=1S/C12H16BrClN2/c13-5-7-16(11-2-1-3-11)9-10-4-6-15-8-12(10)14/h4,6,8,11H,1-3,5,7,9H2. The van der Waals surface area contributed by atoms with Crippen LogP contribution >= 0.6 is 27.5 Å². The number of pyridine rings is 1. The molecule has 0 unspecified atom stereocenters. The van der Waals surface area contributed by atoms with Gasteiger partial charge in [0, 0.05) is 36.9 Å². The molecule has 1 heterocycles. The number of halogens is 2. The van der Waals surface area contributed by atoms with Crippen LogP contribution in [0.4, 0.5) is 0 Å². The van der Waals surface area contributed by atoms with E-state index < -0.39 is 0 Å². The van der Waals surface area contributed by atoms with Crippen LogP contribution in [0.2, 0.25) is 5.02 Å². The number of hydrogen-bond acceptors (Lipinski definition) is 2. The van der Waals surface area contributed by atoms with Crippen LogP contribution in [0.25, 0.3) is 0 Å². The average molecular weight is 304 g/mol. The summed E-state index contributed by atoms with van der Waals surface area (Å²) in [4.78, 5) is 6.53. The Bertz CT molecular complexity index is 342. The van der Waals surface area contributed by atoms with Crippen molar-refractivity contribution in [2.75, 3.05) is 11.9 Å². The molecule has 2 nitrogen and oxygen atoms in total. The van der Waals surface area contributed by atoms with Gasteiger partial charge in [0.25, 0.3) is 0 Å². The second-order valence-corrected chi connectivity index (χ2v) is 5.41. The SMILES string of the molecule is Clc1cnccc1CN(CCBr)C1CCC1. The molecule has 2 rings (SSSR count). The fraction of sp³-hybridized carbons (Fsp3) is 0.583. The molecule has 0 N–H and O–H groups in total. The molecule has 1 aromatic heterocycles. The van der Waals surface area contributed by atoms with Crippen molar-refractivity contribution in [1.29, 1.82) is 0 Å². The van der Waals surface area contributed by atoms with E-state index in [1.165, 1.54) is 24.8 Å². The van der Waals surface area contributed by atoms with Gasteiger partial charge in [-0.1, -0.05) is 34.0 Å². The lowest BCUT2D eigenvalue weighted by Crippen LogP contribution is -2.40. The largest absolute Gasteiger partial charge is 0.295 e. The van der Waals surface area contributed by atoms with Crippen LogP contribution < -0.4 is 0 Å². The Hall–Kier alpha value is -0.120. The van der Waals surface area contributed by atoms with Crippen molar-refractivity contribution < 1.29 is 0 Å². The molecule has 0 atom stereocenters. The smallest absolute Gasteiger partial charge is 0.0634 e. The van der Waals surface area contributed by atoms with E-state index in [1.807, 2.05) is 12.3 Å². The van der Waals surface area contributed by atoms with Crippen molar-refractivity contribution >= 4 is 27.5 Å². The molecule has 1 saturated carbocycles. The van der Waals surface area contributed by atoms with Crippen molar-refractivity contribution in [2.24, 2.45) is 0 Å². The topological polar surface area (TPSA) is 16.1 Å². The zero-order valence-electron chi connectivity index (χ0n) is 9.20. The van der Waals surface area contributed by atoms with Crippen molar-refractivity contribution in [3.63, 3.8) is 0 Å². The van der Waals surface area contributed by atoms with Gasteiger partial charge in [0.05, 0.1) is 5.02 Å². The van der Waals surface area contributed by atoms with Crippen molar-refractivity contribution in [1.82, 2.24) is 9.88 Å². The Balaban J connectivity index is 2.01. The molecular weight excluding hydrogens is 288 g/mol. The Morgan fingerprint density at radius 3 is 2.88 bits per heavy atom. The Morgan fingerprint density at radius 1 is 1.50 bits per heavy atom. The summed E-state index contributed by atoms with van der Waals surface area (Å²) in [5, 5.41) is 1.80. The zero-order chi connectivity index (χ0) is 11.4. The molecule has 1 fully saturated rings. The van der Waals surface area contributed by atoms with Gasteiger partial charge in [-0.3, -0.25) is 9.88 Å². The van der Waals surface area contributed by atoms with Crippen LogP contribution in [0.5, 0.6) is 0 Å². The van der Waals surface area contributed by atoms with Crippen molar-refractivity contribution in [3.05, 3.63) is 29.0 Å². The Labute approximate surface area is 110 Å². The van der Waals surface area contributed by atoms with Gasteiger partial charge < -0.3 is 0 Å². The van der Waals surface area contributed by atoms with Crippen molar-refractivity contribution in [2.45, 2.75) is 31.8 Å². The minimum absolute atomic E-state index is 0.752. The fourth-order valence-corrected chi connectivity index (χ4v) is 2.64. The lowest BCUT2D eigenvalue weighted by atomic mass is 9.91. The highest BCUT2D eigenvalue weighted by Crippen LogP contribution is 2.27. The van der Waals surface area contributed by atoms with Gasteiger partial charge in [0.15, 0.2) is 0 Å². The molecule has 0 amide bonds. The van der Waals surface area contributed by atoms with Gasteiger partial charge in [-0.15, -0.1) is 0 Å². The Morgan fingerprint density at radius 2 is 2.31 bits per heavy atom. The maximum atomic E-state index is 6.13. The molecule has 1 aromatic rings. The van der Waals surface area contributed by atoms with Gasteiger partial charge in [0.1, 0.15) is 0 Å². The first-order chi connectivity index (χ1) is 7.81. The first kappa shape index (κ1) is 12.3. The van der Waals surface area contributed by atoms with E-state index in [4.69, 9.17) is 11.6 Å². The highest BCUT2D eigenvalue weighted by Gasteiger charge is 2.24. The van der Waals surface area contributed by atoms with E-state index in [0.717, 1.165) is 29.5 Å². The monoisotopic (exact) mass is 302 g/mol. The summed E-state index contributed by atoms with van der Waals surface area (Å²) < 4.78 is 0.